The zero-order valence-corrected chi connectivity index (χ0v) is 16.6. The maximum Gasteiger partial charge on any atom is 0.144 e. The number of nitrogens with two attached hydrogens (primary N) is 1. The van der Waals surface area contributed by atoms with Crippen LogP contribution in [0.3, 0.4) is 0 Å². The lowest BCUT2D eigenvalue weighted by molar-refractivity contribution is 0.573. The average molecular weight is 418 g/mol. The predicted octanol–water partition coefficient (Wildman–Crippen LogP) is 4.58. The fraction of sp³-hybridized carbons (Fsp3) is 0.150. The van der Waals surface area contributed by atoms with Crippen molar-refractivity contribution in [2.24, 2.45) is 5.73 Å². The summed E-state index contributed by atoms with van der Waals surface area (Å²) in [5, 5.41) is 6.02. The number of nitrogens with zero attached hydrogens (tertiary/aromatic N) is 4. The van der Waals surface area contributed by atoms with Crippen molar-refractivity contribution in [1.82, 2.24) is 19.7 Å². The fourth-order valence-electron chi connectivity index (χ4n) is 3.11. The van der Waals surface area contributed by atoms with Crippen molar-refractivity contribution < 1.29 is 4.39 Å². The van der Waals surface area contributed by atoms with Gasteiger partial charge in [-0.05, 0) is 49.4 Å². The number of halogens is 3. The van der Waals surface area contributed by atoms with Gasteiger partial charge in [-0.25, -0.2) is 9.07 Å². The van der Waals surface area contributed by atoms with E-state index in [4.69, 9.17) is 17.3 Å². The summed E-state index contributed by atoms with van der Waals surface area (Å²) in [4.78, 5) is 8.72. The Morgan fingerprint density at radius 2 is 2.04 bits per heavy atom. The molecular formula is C20H18Cl2FN5. The van der Waals surface area contributed by atoms with Crippen molar-refractivity contribution in [3.05, 3.63) is 82.8 Å². The quantitative estimate of drug-likeness (QED) is 0.527. The van der Waals surface area contributed by atoms with Crippen LogP contribution in [-0.4, -0.2) is 19.7 Å². The molecule has 144 valence electrons. The fourth-order valence-corrected chi connectivity index (χ4v) is 3.29. The molecule has 0 saturated carbocycles. The van der Waals surface area contributed by atoms with Crippen LogP contribution in [0.25, 0.3) is 16.6 Å². The van der Waals surface area contributed by atoms with Gasteiger partial charge in [0.2, 0.25) is 0 Å². The number of rotatable bonds is 4. The van der Waals surface area contributed by atoms with E-state index in [0.29, 0.717) is 16.4 Å². The van der Waals surface area contributed by atoms with Crippen LogP contribution in [0.5, 0.6) is 0 Å². The van der Waals surface area contributed by atoms with E-state index in [1.807, 2.05) is 37.3 Å². The Balaban J connectivity index is 0.00000225. The maximum atomic E-state index is 14.1. The number of fused-ring (bicyclic) bond motifs is 1. The molecule has 0 fully saturated rings. The summed E-state index contributed by atoms with van der Waals surface area (Å²) in [6, 6.07) is 11.8. The van der Waals surface area contributed by atoms with E-state index in [-0.39, 0.29) is 24.6 Å². The number of hydrogen-bond acceptors (Lipinski definition) is 4. The Morgan fingerprint density at radius 3 is 2.86 bits per heavy atom. The summed E-state index contributed by atoms with van der Waals surface area (Å²) in [6.07, 6.45) is 3.65. The minimum absolute atomic E-state index is 0. The summed E-state index contributed by atoms with van der Waals surface area (Å²) in [7, 11) is 0. The number of aryl methyl sites for hydroxylation is 1. The van der Waals surface area contributed by atoms with Gasteiger partial charge in [-0.15, -0.1) is 12.4 Å². The smallest absolute Gasteiger partial charge is 0.144 e. The molecule has 2 N–H and O–H groups in total. The molecule has 0 spiro atoms. The molecule has 4 rings (SSSR count). The van der Waals surface area contributed by atoms with E-state index in [1.54, 1.807) is 23.1 Å². The molecular weight excluding hydrogens is 400 g/mol. The van der Waals surface area contributed by atoms with Gasteiger partial charge in [0.05, 0.1) is 34.8 Å². The van der Waals surface area contributed by atoms with Gasteiger partial charge >= 0.3 is 0 Å². The van der Waals surface area contributed by atoms with Gasteiger partial charge in [-0.2, -0.15) is 5.10 Å². The van der Waals surface area contributed by atoms with Crippen LogP contribution >= 0.6 is 24.0 Å². The molecule has 28 heavy (non-hydrogen) atoms. The van der Waals surface area contributed by atoms with E-state index < -0.39 is 6.04 Å². The lowest BCUT2D eigenvalue weighted by atomic mass is 10.1. The monoisotopic (exact) mass is 417 g/mol. The Labute approximate surface area is 172 Å². The molecule has 0 aliphatic carbocycles. The molecule has 0 radical (unpaired) electrons. The van der Waals surface area contributed by atoms with Gasteiger partial charge in [0.15, 0.2) is 0 Å². The van der Waals surface area contributed by atoms with Crippen LogP contribution in [0.15, 0.2) is 54.9 Å². The summed E-state index contributed by atoms with van der Waals surface area (Å²) in [5.74, 6) is -0.368. The van der Waals surface area contributed by atoms with Crippen molar-refractivity contribution in [2.75, 3.05) is 0 Å². The van der Waals surface area contributed by atoms with Crippen molar-refractivity contribution in [2.45, 2.75) is 19.4 Å². The summed E-state index contributed by atoms with van der Waals surface area (Å²) in [6.45, 7) is 1.82. The first kappa shape index (κ1) is 20.2. The van der Waals surface area contributed by atoms with Crippen molar-refractivity contribution in [3.8, 4) is 5.69 Å². The Morgan fingerprint density at radius 1 is 1.21 bits per heavy atom. The summed E-state index contributed by atoms with van der Waals surface area (Å²) >= 11 is 6.06. The highest BCUT2D eigenvalue weighted by Gasteiger charge is 2.19. The highest BCUT2D eigenvalue weighted by molar-refractivity contribution is 6.31. The first-order valence-corrected chi connectivity index (χ1v) is 8.87. The molecule has 0 saturated heterocycles. The first-order chi connectivity index (χ1) is 13.0. The van der Waals surface area contributed by atoms with E-state index in [1.165, 1.54) is 6.07 Å². The first-order valence-electron chi connectivity index (χ1n) is 8.49. The average Bonchev–Trinajstić information content (AvgIpc) is 3.07. The maximum absolute atomic E-state index is 14.1. The second-order valence-electron chi connectivity index (χ2n) is 6.36. The van der Waals surface area contributed by atoms with Crippen LogP contribution in [0, 0.1) is 12.7 Å². The molecule has 4 aromatic rings. The van der Waals surface area contributed by atoms with Gasteiger partial charge in [0, 0.05) is 28.7 Å². The van der Waals surface area contributed by atoms with Gasteiger partial charge in [0.25, 0.3) is 0 Å². The third kappa shape index (κ3) is 3.85. The number of pyridine rings is 2. The van der Waals surface area contributed by atoms with E-state index in [2.05, 4.69) is 15.1 Å². The van der Waals surface area contributed by atoms with Crippen LogP contribution in [0.2, 0.25) is 5.02 Å². The van der Waals surface area contributed by atoms with Crippen LogP contribution in [0.4, 0.5) is 4.39 Å². The zero-order valence-electron chi connectivity index (χ0n) is 15.0. The molecule has 0 bridgehead atoms. The normalized spacial score (nSPS) is 12.0. The van der Waals surface area contributed by atoms with Gasteiger partial charge in [-0.1, -0.05) is 11.6 Å². The highest BCUT2D eigenvalue weighted by Crippen LogP contribution is 2.26. The van der Waals surface area contributed by atoms with Gasteiger partial charge in [-0.3, -0.25) is 9.97 Å². The molecule has 1 aromatic carbocycles. The third-order valence-corrected chi connectivity index (χ3v) is 4.63. The number of benzene rings is 1. The lowest BCUT2D eigenvalue weighted by Crippen LogP contribution is -2.19. The summed E-state index contributed by atoms with van der Waals surface area (Å²) in [5.41, 5.74) is 9.73. The van der Waals surface area contributed by atoms with Crippen molar-refractivity contribution >= 4 is 34.9 Å². The molecule has 5 nitrogen and oxygen atoms in total. The standard InChI is InChI=1S/C20H17ClFN5.ClH/c1-12-4-6-15(22)17(26-12)10-16(23)20-19(3-2-8-24-20)27-18-7-5-14(21)9-13(18)11-25-27;/h2-9,11,16H,10,23H2,1H3;1H/t16-;/m0./s1. The van der Waals surface area contributed by atoms with Crippen LogP contribution in [0.1, 0.15) is 23.1 Å². The summed E-state index contributed by atoms with van der Waals surface area (Å²) < 4.78 is 15.9. The van der Waals surface area contributed by atoms with Gasteiger partial charge in [0.1, 0.15) is 5.82 Å². The minimum atomic E-state index is -0.531. The molecule has 3 aromatic heterocycles. The lowest BCUT2D eigenvalue weighted by Gasteiger charge is -2.16. The Bertz CT molecular complexity index is 1130. The molecule has 8 heteroatoms. The van der Waals surface area contributed by atoms with Crippen LogP contribution < -0.4 is 5.73 Å². The van der Waals surface area contributed by atoms with Crippen molar-refractivity contribution in [3.63, 3.8) is 0 Å². The topological polar surface area (TPSA) is 69.6 Å². The number of aromatic nitrogens is 4. The van der Waals surface area contributed by atoms with E-state index in [0.717, 1.165) is 22.3 Å². The second-order valence-corrected chi connectivity index (χ2v) is 6.80. The van der Waals surface area contributed by atoms with Gasteiger partial charge < -0.3 is 5.73 Å². The van der Waals surface area contributed by atoms with Crippen LogP contribution in [-0.2, 0) is 6.42 Å². The molecule has 0 aliphatic rings. The predicted molar refractivity (Wildman–Crippen MR) is 111 cm³/mol. The minimum Gasteiger partial charge on any atom is -0.322 e. The molecule has 3 heterocycles. The van der Waals surface area contributed by atoms with E-state index in [9.17, 15) is 4.39 Å². The highest BCUT2D eigenvalue weighted by atomic mass is 35.5. The number of hydrogen-bond donors (Lipinski definition) is 1. The molecule has 0 aliphatic heterocycles. The molecule has 1 atom stereocenters. The largest absolute Gasteiger partial charge is 0.322 e. The zero-order chi connectivity index (χ0) is 19.0. The SMILES string of the molecule is Cc1ccc(F)c(C[C@H](N)c2ncccc2-n2ncc3cc(Cl)ccc32)n1.Cl. The Hall–Kier alpha value is -2.54. The second kappa shape index (κ2) is 8.22. The molecule has 0 amide bonds. The van der Waals surface area contributed by atoms with Crippen molar-refractivity contribution in [1.29, 1.82) is 0 Å². The van der Waals surface area contributed by atoms with E-state index >= 15 is 0 Å². The third-order valence-electron chi connectivity index (χ3n) is 4.40. The molecule has 0 unspecified atom stereocenters. The Kier molecular flexibility index (Phi) is 5.93.